The molecule has 4 heteroatoms. The van der Waals surface area contributed by atoms with Gasteiger partial charge in [-0.3, -0.25) is 4.79 Å². The molecule has 0 heterocycles. The lowest BCUT2D eigenvalue weighted by Gasteiger charge is -2.08. The second-order valence-corrected chi connectivity index (χ2v) is 2.99. The van der Waals surface area contributed by atoms with E-state index in [-0.39, 0.29) is 12.5 Å². The first-order chi connectivity index (χ1) is 7.27. The summed E-state index contributed by atoms with van der Waals surface area (Å²) in [7, 11) is 1.62. The number of rotatable bonds is 5. The Morgan fingerprint density at radius 2 is 2.13 bits per heavy atom. The summed E-state index contributed by atoms with van der Waals surface area (Å²) in [6.45, 7) is 0.252. The molecule has 4 nitrogen and oxygen atoms in total. The number of ether oxygens (including phenoxy) is 2. The maximum atomic E-state index is 10.8. The normalized spacial score (nSPS) is 9.73. The van der Waals surface area contributed by atoms with Gasteiger partial charge >= 0.3 is 5.97 Å². The summed E-state index contributed by atoms with van der Waals surface area (Å²) in [5.74, 6) is 0.422. The van der Waals surface area contributed by atoms with Crippen LogP contribution in [0.5, 0.6) is 5.75 Å². The van der Waals surface area contributed by atoms with Crippen molar-refractivity contribution < 1.29 is 14.3 Å². The van der Waals surface area contributed by atoms with Crippen molar-refractivity contribution in [2.24, 2.45) is 5.73 Å². The lowest BCUT2D eigenvalue weighted by molar-refractivity contribution is -0.141. The fraction of sp³-hybridized carbons (Fsp3) is 0.364. The second kappa shape index (κ2) is 6.03. The number of esters is 1. The van der Waals surface area contributed by atoms with Crippen LogP contribution < -0.4 is 10.5 Å². The van der Waals surface area contributed by atoms with Crippen molar-refractivity contribution in [3.05, 3.63) is 29.8 Å². The van der Waals surface area contributed by atoms with E-state index in [2.05, 4.69) is 0 Å². The third-order valence-electron chi connectivity index (χ3n) is 1.99. The fourth-order valence-corrected chi connectivity index (χ4v) is 1.24. The summed E-state index contributed by atoms with van der Waals surface area (Å²) < 4.78 is 10.0. The molecule has 82 valence electrons. The highest BCUT2D eigenvalue weighted by Gasteiger charge is 2.03. The van der Waals surface area contributed by atoms with E-state index in [4.69, 9.17) is 15.2 Å². The van der Waals surface area contributed by atoms with Gasteiger partial charge in [0, 0.05) is 6.42 Å². The molecule has 0 aliphatic carbocycles. The maximum Gasteiger partial charge on any atom is 0.319 e. The maximum absolute atomic E-state index is 10.8. The molecule has 0 saturated carbocycles. The summed E-state index contributed by atoms with van der Waals surface area (Å²) in [5.41, 5.74) is 6.13. The molecular formula is C11H15NO3. The van der Waals surface area contributed by atoms with Gasteiger partial charge in [-0.2, -0.15) is 0 Å². The van der Waals surface area contributed by atoms with E-state index < -0.39 is 0 Å². The number of benzene rings is 1. The van der Waals surface area contributed by atoms with Gasteiger partial charge in [0.1, 0.15) is 5.75 Å². The Labute approximate surface area is 89.0 Å². The molecule has 1 aromatic carbocycles. The predicted octanol–water partition coefficient (Wildman–Crippen LogP) is 0.740. The summed E-state index contributed by atoms with van der Waals surface area (Å²) >= 11 is 0. The number of hydrogen-bond donors (Lipinski definition) is 1. The molecule has 0 aliphatic heterocycles. The molecular weight excluding hydrogens is 194 g/mol. The lowest BCUT2D eigenvalue weighted by Crippen LogP contribution is -2.18. The van der Waals surface area contributed by atoms with Crippen LogP contribution in [0.25, 0.3) is 0 Å². The highest BCUT2D eigenvalue weighted by Crippen LogP contribution is 2.17. The topological polar surface area (TPSA) is 61.5 Å². The first kappa shape index (κ1) is 11.5. The van der Waals surface area contributed by atoms with E-state index in [1.54, 1.807) is 7.11 Å². The Hall–Kier alpha value is -1.55. The summed E-state index contributed by atoms with van der Waals surface area (Å²) in [5, 5.41) is 0. The number of nitrogens with two attached hydrogens (primary N) is 1. The van der Waals surface area contributed by atoms with Crippen molar-refractivity contribution in [1.29, 1.82) is 0 Å². The lowest BCUT2D eigenvalue weighted by atomic mass is 10.1. The van der Waals surface area contributed by atoms with E-state index in [1.807, 2.05) is 24.3 Å². The van der Waals surface area contributed by atoms with Crippen LogP contribution >= 0.6 is 0 Å². The molecule has 0 aromatic heterocycles. The summed E-state index contributed by atoms with van der Waals surface area (Å²) in [6, 6.07) is 7.63. The number of carbonyl (C=O) groups is 1. The first-order valence-electron chi connectivity index (χ1n) is 4.75. The van der Waals surface area contributed by atoms with Crippen LogP contribution in [-0.2, 0) is 16.0 Å². The molecule has 1 aromatic rings. The van der Waals surface area contributed by atoms with E-state index in [0.29, 0.717) is 13.0 Å². The van der Waals surface area contributed by atoms with Crippen molar-refractivity contribution in [2.45, 2.75) is 6.42 Å². The molecule has 0 aliphatic rings. The molecule has 1 rings (SSSR count). The smallest absolute Gasteiger partial charge is 0.319 e. The summed E-state index contributed by atoms with van der Waals surface area (Å²) in [4.78, 5) is 10.8. The molecule has 0 atom stereocenters. The van der Waals surface area contributed by atoms with E-state index in [0.717, 1.165) is 11.3 Å². The van der Waals surface area contributed by atoms with E-state index in [1.165, 1.54) is 0 Å². The Balaban J connectivity index is 2.46. The average Bonchev–Trinajstić information content (AvgIpc) is 2.29. The molecule has 15 heavy (non-hydrogen) atoms. The Kier molecular flexibility index (Phi) is 4.63. The van der Waals surface area contributed by atoms with Crippen LogP contribution in [0, 0.1) is 0 Å². The van der Waals surface area contributed by atoms with Gasteiger partial charge in [0.2, 0.25) is 0 Å². The van der Waals surface area contributed by atoms with Gasteiger partial charge in [0.15, 0.2) is 0 Å². The molecule has 0 amide bonds. The van der Waals surface area contributed by atoms with Crippen molar-refractivity contribution in [2.75, 3.05) is 20.3 Å². The Morgan fingerprint density at radius 3 is 2.80 bits per heavy atom. The van der Waals surface area contributed by atoms with Gasteiger partial charge in [-0.05, 0) is 11.6 Å². The molecule has 0 unspecified atom stereocenters. The zero-order valence-electron chi connectivity index (χ0n) is 8.73. The van der Waals surface area contributed by atoms with Crippen LogP contribution in [0.3, 0.4) is 0 Å². The van der Waals surface area contributed by atoms with Crippen molar-refractivity contribution in [3.63, 3.8) is 0 Å². The fourth-order valence-electron chi connectivity index (χ4n) is 1.24. The minimum absolute atomic E-state index is 0.0775. The number of hydrogen-bond acceptors (Lipinski definition) is 4. The Morgan fingerprint density at radius 1 is 1.40 bits per heavy atom. The quantitative estimate of drug-likeness (QED) is 0.726. The second-order valence-electron chi connectivity index (χ2n) is 2.99. The van der Waals surface area contributed by atoms with Gasteiger partial charge in [-0.15, -0.1) is 0 Å². The molecule has 0 radical (unpaired) electrons. The molecule has 0 saturated heterocycles. The molecule has 0 bridgehead atoms. The minimum atomic E-state index is -0.384. The Bertz CT molecular complexity index is 325. The average molecular weight is 209 g/mol. The van der Waals surface area contributed by atoms with Crippen LogP contribution in [0.4, 0.5) is 0 Å². The van der Waals surface area contributed by atoms with Gasteiger partial charge < -0.3 is 15.2 Å². The van der Waals surface area contributed by atoms with Crippen LogP contribution in [0.2, 0.25) is 0 Å². The van der Waals surface area contributed by atoms with Crippen LogP contribution in [0.1, 0.15) is 5.56 Å². The van der Waals surface area contributed by atoms with Crippen molar-refractivity contribution in [1.82, 2.24) is 0 Å². The number of para-hydroxylation sites is 1. The van der Waals surface area contributed by atoms with Gasteiger partial charge in [-0.25, -0.2) is 0 Å². The third kappa shape index (κ3) is 3.59. The standard InChI is InChI=1S/C11H15NO3/c1-14-10-5-3-2-4-9(10)6-7-15-11(13)8-12/h2-5H,6-8,12H2,1H3. The van der Waals surface area contributed by atoms with Gasteiger partial charge in [0.25, 0.3) is 0 Å². The van der Waals surface area contributed by atoms with Crippen LogP contribution in [0.15, 0.2) is 24.3 Å². The van der Waals surface area contributed by atoms with Gasteiger partial charge in [-0.1, -0.05) is 18.2 Å². The highest BCUT2D eigenvalue weighted by atomic mass is 16.5. The SMILES string of the molecule is COc1ccccc1CCOC(=O)CN. The summed E-state index contributed by atoms with van der Waals surface area (Å²) in [6.07, 6.45) is 0.635. The zero-order valence-corrected chi connectivity index (χ0v) is 8.73. The monoisotopic (exact) mass is 209 g/mol. The van der Waals surface area contributed by atoms with E-state index in [9.17, 15) is 4.79 Å². The minimum Gasteiger partial charge on any atom is -0.496 e. The number of methoxy groups -OCH3 is 1. The largest absolute Gasteiger partial charge is 0.496 e. The molecule has 0 spiro atoms. The first-order valence-corrected chi connectivity index (χ1v) is 4.75. The zero-order chi connectivity index (χ0) is 11.1. The predicted molar refractivity (Wildman–Crippen MR) is 56.7 cm³/mol. The molecule has 2 N–H and O–H groups in total. The third-order valence-corrected chi connectivity index (χ3v) is 1.99. The van der Waals surface area contributed by atoms with Crippen molar-refractivity contribution >= 4 is 5.97 Å². The van der Waals surface area contributed by atoms with Crippen LogP contribution in [-0.4, -0.2) is 26.2 Å². The van der Waals surface area contributed by atoms with Gasteiger partial charge in [0.05, 0.1) is 20.3 Å². The number of carbonyl (C=O) groups excluding carboxylic acids is 1. The molecule has 0 fully saturated rings. The highest BCUT2D eigenvalue weighted by molar-refractivity contribution is 5.71. The van der Waals surface area contributed by atoms with Crippen molar-refractivity contribution in [3.8, 4) is 5.75 Å². The van der Waals surface area contributed by atoms with E-state index >= 15 is 0 Å².